The van der Waals surface area contributed by atoms with Crippen molar-refractivity contribution in [2.45, 2.75) is 37.7 Å². The van der Waals surface area contributed by atoms with Crippen LogP contribution in [0.2, 0.25) is 0 Å². The minimum Gasteiger partial charge on any atom is -0.373 e. The van der Waals surface area contributed by atoms with Gasteiger partial charge in [0.1, 0.15) is 5.69 Å². The van der Waals surface area contributed by atoms with Crippen LogP contribution < -0.4 is 4.72 Å². The number of benzene rings is 1. The predicted octanol–water partition coefficient (Wildman–Crippen LogP) is 1.80. The Bertz CT molecular complexity index is 853. The highest BCUT2D eigenvalue weighted by Crippen LogP contribution is 2.29. The summed E-state index contributed by atoms with van der Waals surface area (Å²) in [6.07, 6.45) is 0.264. The third-order valence-electron chi connectivity index (χ3n) is 3.95. The first-order chi connectivity index (χ1) is 11.4. The number of ether oxygens (including phenoxy) is 1. The van der Waals surface area contributed by atoms with Crippen molar-refractivity contribution in [2.24, 2.45) is 0 Å². The number of sulfonamides is 1. The van der Waals surface area contributed by atoms with Gasteiger partial charge in [-0.1, -0.05) is 29.4 Å². The summed E-state index contributed by atoms with van der Waals surface area (Å²) >= 11 is 0. The Kier molecular flexibility index (Phi) is 4.42. The zero-order chi connectivity index (χ0) is 17.3. The predicted molar refractivity (Wildman–Crippen MR) is 84.8 cm³/mol. The fourth-order valence-electron chi connectivity index (χ4n) is 2.91. The number of aryl methyl sites for hydroxylation is 2. The Morgan fingerprint density at radius 3 is 2.79 bits per heavy atom. The van der Waals surface area contributed by atoms with Gasteiger partial charge in [-0.3, -0.25) is 4.79 Å². The van der Waals surface area contributed by atoms with Crippen LogP contribution in [0, 0.1) is 13.8 Å². The number of fused-ring (bicyclic) bond motifs is 1. The molecule has 0 aliphatic carbocycles. The van der Waals surface area contributed by atoms with Crippen molar-refractivity contribution >= 4 is 15.9 Å². The van der Waals surface area contributed by atoms with Gasteiger partial charge < -0.3 is 9.26 Å². The van der Waals surface area contributed by atoms with Crippen LogP contribution in [0.3, 0.4) is 0 Å². The smallest absolute Gasteiger partial charge is 0.269 e. The maximum absolute atomic E-state index is 12.4. The molecule has 0 fully saturated rings. The Hall–Kier alpha value is -2.19. The molecular weight excluding hydrogens is 332 g/mol. The van der Waals surface area contributed by atoms with Gasteiger partial charge in [0.25, 0.3) is 10.0 Å². The topological polar surface area (TPSA) is 98.5 Å². The number of carbonyl (C=O) groups excluding carboxylic acids is 1. The van der Waals surface area contributed by atoms with E-state index in [0.29, 0.717) is 6.61 Å². The zero-order valence-corrected chi connectivity index (χ0v) is 14.2. The van der Waals surface area contributed by atoms with Crippen LogP contribution >= 0.6 is 0 Å². The normalized spacial score (nSPS) is 17.3. The van der Waals surface area contributed by atoms with Gasteiger partial charge in [0, 0.05) is 0 Å². The third-order valence-corrected chi connectivity index (χ3v) is 5.56. The second-order valence-corrected chi connectivity index (χ2v) is 7.31. The Morgan fingerprint density at radius 1 is 1.33 bits per heavy atom. The molecule has 0 spiro atoms. The molecular formula is C16H18N2O5S. The van der Waals surface area contributed by atoms with Gasteiger partial charge in [0.05, 0.1) is 19.1 Å². The quantitative estimate of drug-likeness (QED) is 0.903. The molecule has 0 radical (unpaired) electrons. The standard InChI is InChI=1S/C16H18N2O5S/c1-10-16(11(2)23-17-10)24(20,21)18-15(19)9-14-13-6-4-3-5-12(13)7-8-22-14/h3-6,14H,7-9H2,1-2H3,(H,18,19). The van der Waals surface area contributed by atoms with Crippen LogP contribution in [-0.4, -0.2) is 26.1 Å². The number of amides is 1. The first-order valence-corrected chi connectivity index (χ1v) is 9.04. The summed E-state index contributed by atoms with van der Waals surface area (Å²) in [6, 6.07) is 7.70. The summed E-state index contributed by atoms with van der Waals surface area (Å²) in [7, 11) is -4.02. The van der Waals surface area contributed by atoms with Gasteiger partial charge in [0.2, 0.25) is 5.91 Å². The van der Waals surface area contributed by atoms with Crippen LogP contribution in [-0.2, 0) is 26.0 Å². The molecule has 3 rings (SSSR count). The van der Waals surface area contributed by atoms with Crippen LogP contribution in [0.5, 0.6) is 0 Å². The fraction of sp³-hybridized carbons (Fsp3) is 0.375. The average molecular weight is 350 g/mol. The molecule has 1 N–H and O–H groups in total. The Labute approximate surface area is 140 Å². The zero-order valence-electron chi connectivity index (χ0n) is 13.4. The molecule has 1 atom stereocenters. The monoisotopic (exact) mass is 350 g/mol. The number of rotatable bonds is 4. The molecule has 0 saturated carbocycles. The number of nitrogens with one attached hydrogen (secondary N) is 1. The number of nitrogens with zero attached hydrogens (tertiary/aromatic N) is 1. The molecule has 1 aromatic carbocycles. The minimum atomic E-state index is -4.02. The van der Waals surface area contributed by atoms with Gasteiger partial charge in [0.15, 0.2) is 10.7 Å². The van der Waals surface area contributed by atoms with E-state index in [4.69, 9.17) is 9.26 Å². The van der Waals surface area contributed by atoms with Crippen molar-refractivity contribution in [1.82, 2.24) is 9.88 Å². The summed E-state index contributed by atoms with van der Waals surface area (Å²) in [5.74, 6) is -0.483. The van der Waals surface area contributed by atoms with Gasteiger partial charge in [-0.05, 0) is 31.4 Å². The summed E-state index contributed by atoms with van der Waals surface area (Å²) < 4.78 is 37.3. The van der Waals surface area contributed by atoms with Crippen molar-refractivity contribution in [3.63, 3.8) is 0 Å². The lowest BCUT2D eigenvalue weighted by Crippen LogP contribution is -2.33. The molecule has 0 bridgehead atoms. The number of hydrogen-bond donors (Lipinski definition) is 1. The van der Waals surface area contributed by atoms with Crippen molar-refractivity contribution in [2.75, 3.05) is 6.61 Å². The maximum atomic E-state index is 12.4. The third kappa shape index (κ3) is 3.20. The second kappa shape index (κ2) is 6.37. The lowest BCUT2D eigenvalue weighted by molar-refractivity contribution is -0.122. The first kappa shape index (κ1) is 16.7. The number of hydrogen-bond acceptors (Lipinski definition) is 6. The van der Waals surface area contributed by atoms with E-state index >= 15 is 0 Å². The van der Waals surface area contributed by atoms with E-state index in [2.05, 4.69) is 9.88 Å². The molecule has 1 aliphatic rings. The van der Waals surface area contributed by atoms with Crippen LogP contribution in [0.1, 0.15) is 35.1 Å². The molecule has 2 aromatic rings. The van der Waals surface area contributed by atoms with Crippen molar-refractivity contribution in [1.29, 1.82) is 0 Å². The van der Waals surface area contributed by atoms with Gasteiger partial charge in [-0.2, -0.15) is 0 Å². The summed E-state index contributed by atoms with van der Waals surface area (Å²) in [4.78, 5) is 12.1. The van der Waals surface area contributed by atoms with Gasteiger partial charge in [-0.15, -0.1) is 0 Å². The van der Waals surface area contributed by atoms with E-state index in [1.165, 1.54) is 13.8 Å². The maximum Gasteiger partial charge on any atom is 0.269 e. The minimum absolute atomic E-state index is 0.0698. The van der Waals surface area contributed by atoms with Gasteiger partial charge >= 0.3 is 0 Å². The van der Waals surface area contributed by atoms with Crippen LogP contribution in [0.15, 0.2) is 33.7 Å². The second-order valence-electron chi connectivity index (χ2n) is 5.69. The Balaban J connectivity index is 1.75. The van der Waals surface area contributed by atoms with Crippen molar-refractivity contribution < 1.29 is 22.5 Å². The molecule has 1 amide bonds. The van der Waals surface area contributed by atoms with Crippen LogP contribution in [0.25, 0.3) is 0 Å². The van der Waals surface area contributed by atoms with E-state index in [1.807, 2.05) is 24.3 Å². The largest absolute Gasteiger partial charge is 0.373 e. The number of carbonyl (C=O) groups is 1. The van der Waals surface area contributed by atoms with E-state index in [-0.39, 0.29) is 22.8 Å². The van der Waals surface area contributed by atoms with Crippen molar-refractivity contribution in [3.8, 4) is 0 Å². The van der Waals surface area contributed by atoms with Crippen LogP contribution in [0.4, 0.5) is 0 Å². The molecule has 2 heterocycles. The molecule has 8 heteroatoms. The molecule has 1 unspecified atom stereocenters. The van der Waals surface area contributed by atoms with Crippen molar-refractivity contribution in [3.05, 3.63) is 46.8 Å². The molecule has 1 aromatic heterocycles. The highest BCUT2D eigenvalue weighted by molar-refractivity contribution is 7.90. The highest BCUT2D eigenvalue weighted by Gasteiger charge is 2.29. The molecule has 24 heavy (non-hydrogen) atoms. The van der Waals surface area contributed by atoms with E-state index in [9.17, 15) is 13.2 Å². The SMILES string of the molecule is Cc1noc(C)c1S(=O)(=O)NC(=O)CC1OCCc2ccccc21. The van der Waals surface area contributed by atoms with E-state index in [0.717, 1.165) is 17.5 Å². The fourth-order valence-corrected chi connectivity index (χ4v) is 4.24. The van der Waals surface area contributed by atoms with Gasteiger partial charge in [-0.25, -0.2) is 13.1 Å². The lowest BCUT2D eigenvalue weighted by atomic mass is 9.96. The molecule has 128 valence electrons. The van der Waals surface area contributed by atoms with E-state index < -0.39 is 22.0 Å². The highest BCUT2D eigenvalue weighted by atomic mass is 32.2. The first-order valence-electron chi connectivity index (χ1n) is 7.56. The number of aromatic nitrogens is 1. The molecule has 1 aliphatic heterocycles. The summed E-state index contributed by atoms with van der Waals surface area (Å²) in [5.41, 5.74) is 2.26. The Morgan fingerprint density at radius 2 is 2.08 bits per heavy atom. The molecule has 7 nitrogen and oxygen atoms in total. The average Bonchev–Trinajstić information content (AvgIpc) is 2.86. The summed E-state index contributed by atoms with van der Waals surface area (Å²) in [5, 5.41) is 3.60. The lowest BCUT2D eigenvalue weighted by Gasteiger charge is -2.25. The summed E-state index contributed by atoms with van der Waals surface area (Å²) in [6.45, 7) is 3.50. The molecule has 0 saturated heterocycles. The van der Waals surface area contributed by atoms with E-state index in [1.54, 1.807) is 0 Å².